The number of amides is 2. The molecule has 0 bridgehead atoms. The molecule has 1 aromatic carbocycles. The Balaban J connectivity index is 1.63. The van der Waals surface area contributed by atoms with E-state index in [-0.39, 0.29) is 6.03 Å². The molecule has 2 amide bonds. The Morgan fingerprint density at radius 2 is 1.90 bits per heavy atom. The van der Waals surface area contributed by atoms with Gasteiger partial charge in [0.05, 0.1) is 6.10 Å². The van der Waals surface area contributed by atoms with E-state index in [1.165, 1.54) is 19.3 Å². The van der Waals surface area contributed by atoms with Crippen molar-refractivity contribution < 1.29 is 9.90 Å². The van der Waals surface area contributed by atoms with Gasteiger partial charge in [-0.2, -0.15) is 0 Å². The van der Waals surface area contributed by atoms with E-state index < -0.39 is 6.10 Å². The van der Waals surface area contributed by atoms with Gasteiger partial charge in [-0.3, -0.25) is 0 Å². The second-order valence-electron chi connectivity index (χ2n) is 5.45. The van der Waals surface area contributed by atoms with Gasteiger partial charge < -0.3 is 15.7 Å². The third-order valence-electron chi connectivity index (χ3n) is 3.83. The lowest BCUT2D eigenvalue weighted by Crippen LogP contribution is -2.43. The van der Waals surface area contributed by atoms with Crippen LogP contribution < -0.4 is 10.6 Å². The fourth-order valence-corrected chi connectivity index (χ4v) is 2.65. The fourth-order valence-electron chi connectivity index (χ4n) is 2.65. The summed E-state index contributed by atoms with van der Waals surface area (Å²) in [7, 11) is 0. The number of hydrogen-bond acceptors (Lipinski definition) is 2. The Labute approximate surface area is 120 Å². The second kappa shape index (κ2) is 7.90. The quantitative estimate of drug-likeness (QED) is 0.774. The smallest absolute Gasteiger partial charge is 0.315 e. The molecule has 3 N–H and O–H groups in total. The molecule has 1 fully saturated rings. The van der Waals surface area contributed by atoms with Crippen LogP contribution in [0.25, 0.3) is 0 Å². The summed E-state index contributed by atoms with van der Waals surface area (Å²) in [6, 6.07) is 9.73. The van der Waals surface area contributed by atoms with E-state index in [1.807, 2.05) is 30.3 Å². The Hall–Kier alpha value is -1.55. The van der Waals surface area contributed by atoms with Gasteiger partial charge in [0, 0.05) is 12.6 Å². The normalized spacial score (nSPS) is 17.4. The molecule has 4 heteroatoms. The van der Waals surface area contributed by atoms with Crippen molar-refractivity contribution in [1.82, 2.24) is 10.6 Å². The third kappa shape index (κ3) is 4.85. The van der Waals surface area contributed by atoms with Crippen molar-refractivity contribution >= 4 is 6.03 Å². The predicted molar refractivity (Wildman–Crippen MR) is 79.4 cm³/mol. The van der Waals surface area contributed by atoms with E-state index in [0.717, 1.165) is 18.4 Å². The summed E-state index contributed by atoms with van der Waals surface area (Å²) in [4.78, 5) is 11.7. The van der Waals surface area contributed by atoms with Crippen molar-refractivity contribution in [1.29, 1.82) is 0 Å². The number of urea groups is 1. The van der Waals surface area contributed by atoms with Crippen LogP contribution >= 0.6 is 0 Å². The lowest BCUT2D eigenvalue weighted by molar-refractivity contribution is 0.166. The van der Waals surface area contributed by atoms with E-state index in [0.29, 0.717) is 19.0 Å². The molecule has 0 aliphatic heterocycles. The summed E-state index contributed by atoms with van der Waals surface area (Å²) < 4.78 is 0. The summed E-state index contributed by atoms with van der Waals surface area (Å²) >= 11 is 0. The first kappa shape index (κ1) is 14.9. The standard InChI is InChI=1S/C16H24N2O2/c19-15(13-7-3-1-4-8-13)11-12-17-16(20)18-14-9-5-2-6-10-14/h1,3-4,7-8,14-15,19H,2,5-6,9-12H2,(H2,17,18,20)/t15-/m0/s1. The van der Waals surface area contributed by atoms with Crippen LogP contribution in [0.1, 0.15) is 50.2 Å². The molecule has 0 radical (unpaired) electrons. The largest absolute Gasteiger partial charge is 0.388 e. The Bertz CT molecular complexity index is 402. The highest BCUT2D eigenvalue weighted by atomic mass is 16.3. The monoisotopic (exact) mass is 276 g/mol. The van der Waals surface area contributed by atoms with Crippen LogP contribution in [0.15, 0.2) is 30.3 Å². The minimum atomic E-state index is -0.522. The zero-order valence-electron chi connectivity index (χ0n) is 11.8. The summed E-state index contributed by atoms with van der Waals surface area (Å²) in [5.41, 5.74) is 0.891. The maximum Gasteiger partial charge on any atom is 0.315 e. The fraction of sp³-hybridized carbons (Fsp3) is 0.562. The first-order chi connectivity index (χ1) is 9.75. The SMILES string of the molecule is O=C(NCC[C@H](O)c1ccccc1)NC1CCCCC1. The number of nitrogens with one attached hydrogen (secondary N) is 2. The average Bonchev–Trinajstić information content (AvgIpc) is 2.49. The lowest BCUT2D eigenvalue weighted by atomic mass is 9.96. The van der Waals surface area contributed by atoms with E-state index in [9.17, 15) is 9.90 Å². The van der Waals surface area contributed by atoms with E-state index in [2.05, 4.69) is 10.6 Å². The van der Waals surface area contributed by atoms with Crippen molar-refractivity contribution in [2.45, 2.75) is 50.7 Å². The number of hydrogen-bond donors (Lipinski definition) is 3. The van der Waals surface area contributed by atoms with Crippen LogP contribution in [0.3, 0.4) is 0 Å². The topological polar surface area (TPSA) is 61.4 Å². The lowest BCUT2D eigenvalue weighted by Gasteiger charge is -2.23. The summed E-state index contributed by atoms with van der Waals surface area (Å²) in [6.45, 7) is 0.481. The first-order valence-electron chi connectivity index (χ1n) is 7.53. The van der Waals surface area contributed by atoms with Crippen LogP contribution in [0.4, 0.5) is 4.79 Å². The highest BCUT2D eigenvalue weighted by Crippen LogP contribution is 2.17. The number of carbonyl (C=O) groups is 1. The van der Waals surface area contributed by atoms with Crippen molar-refractivity contribution in [2.24, 2.45) is 0 Å². The van der Waals surface area contributed by atoms with Crippen LogP contribution in [-0.4, -0.2) is 23.7 Å². The van der Waals surface area contributed by atoms with Crippen molar-refractivity contribution in [3.63, 3.8) is 0 Å². The third-order valence-corrected chi connectivity index (χ3v) is 3.83. The molecule has 1 aromatic rings. The summed E-state index contributed by atoms with van der Waals surface area (Å²) in [6.07, 6.45) is 5.87. The zero-order valence-corrected chi connectivity index (χ0v) is 11.8. The second-order valence-corrected chi connectivity index (χ2v) is 5.45. The van der Waals surface area contributed by atoms with Crippen molar-refractivity contribution in [3.05, 3.63) is 35.9 Å². The van der Waals surface area contributed by atoms with Gasteiger partial charge in [0.15, 0.2) is 0 Å². The first-order valence-corrected chi connectivity index (χ1v) is 7.53. The molecule has 1 aliphatic rings. The summed E-state index contributed by atoms with van der Waals surface area (Å²) in [5, 5.41) is 15.8. The maximum atomic E-state index is 11.7. The van der Waals surface area contributed by atoms with Gasteiger partial charge in [-0.15, -0.1) is 0 Å². The average molecular weight is 276 g/mol. The molecule has 0 aromatic heterocycles. The maximum absolute atomic E-state index is 11.7. The highest BCUT2D eigenvalue weighted by Gasteiger charge is 2.15. The van der Waals surface area contributed by atoms with Gasteiger partial charge in [0.1, 0.15) is 0 Å². The molecular formula is C16H24N2O2. The van der Waals surface area contributed by atoms with Crippen molar-refractivity contribution in [2.75, 3.05) is 6.54 Å². The minimum absolute atomic E-state index is 0.114. The molecule has 0 unspecified atom stereocenters. The minimum Gasteiger partial charge on any atom is -0.388 e. The summed E-state index contributed by atoms with van der Waals surface area (Å²) in [5.74, 6) is 0. The van der Waals surface area contributed by atoms with Crippen LogP contribution in [0.2, 0.25) is 0 Å². The molecule has 2 rings (SSSR count). The van der Waals surface area contributed by atoms with Gasteiger partial charge in [-0.05, 0) is 24.8 Å². The number of benzene rings is 1. The van der Waals surface area contributed by atoms with E-state index in [4.69, 9.17) is 0 Å². The molecule has 20 heavy (non-hydrogen) atoms. The zero-order chi connectivity index (χ0) is 14.2. The van der Waals surface area contributed by atoms with Gasteiger partial charge >= 0.3 is 6.03 Å². The van der Waals surface area contributed by atoms with Crippen molar-refractivity contribution in [3.8, 4) is 0 Å². The number of aliphatic hydroxyl groups excluding tert-OH is 1. The molecule has 0 saturated heterocycles. The van der Waals surface area contributed by atoms with Gasteiger partial charge in [-0.1, -0.05) is 49.6 Å². The van der Waals surface area contributed by atoms with E-state index >= 15 is 0 Å². The molecule has 110 valence electrons. The molecule has 1 aliphatic carbocycles. The molecular weight excluding hydrogens is 252 g/mol. The van der Waals surface area contributed by atoms with Crippen LogP contribution in [0.5, 0.6) is 0 Å². The number of aliphatic hydroxyl groups is 1. The molecule has 0 spiro atoms. The van der Waals surface area contributed by atoms with Crippen LogP contribution in [-0.2, 0) is 0 Å². The number of rotatable bonds is 5. The Morgan fingerprint density at radius 3 is 2.60 bits per heavy atom. The van der Waals surface area contributed by atoms with Gasteiger partial charge in [0.2, 0.25) is 0 Å². The Kier molecular flexibility index (Phi) is 5.87. The predicted octanol–water partition coefficient (Wildman–Crippen LogP) is 2.74. The Morgan fingerprint density at radius 1 is 1.20 bits per heavy atom. The van der Waals surface area contributed by atoms with E-state index in [1.54, 1.807) is 0 Å². The van der Waals surface area contributed by atoms with Gasteiger partial charge in [-0.25, -0.2) is 4.79 Å². The molecule has 4 nitrogen and oxygen atoms in total. The van der Waals surface area contributed by atoms with Crippen LogP contribution in [0, 0.1) is 0 Å². The molecule has 1 saturated carbocycles. The van der Waals surface area contributed by atoms with Gasteiger partial charge in [0.25, 0.3) is 0 Å². The number of carbonyl (C=O) groups excluding carboxylic acids is 1. The molecule has 0 heterocycles. The molecule has 1 atom stereocenters. The highest BCUT2D eigenvalue weighted by molar-refractivity contribution is 5.74.